The van der Waals surface area contributed by atoms with Gasteiger partial charge in [0, 0.05) is 17.3 Å². The lowest BCUT2D eigenvalue weighted by Gasteiger charge is -2.19. The van der Waals surface area contributed by atoms with Crippen molar-refractivity contribution < 1.29 is 23.9 Å². The Hall–Kier alpha value is -3.80. The second-order valence-electron chi connectivity index (χ2n) is 6.63. The van der Waals surface area contributed by atoms with E-state index < -0.39 is 11.8 Å². The molecule has 0 amide bonds. The molecule has 0 atom stereocenters. The summed E-state index contributed by atoms with van der Waals surface area (Å²) >= 11 is 0. The van der Waals surface area contributed by atoms with Crippen LogP contribution < -0.4 is 0 Å². The Morgan fingerprint density at radius 3 is 2.52 bits per heavy atom. The highest BCUT2D eigenvalue weighted by Crippen LogP contribution is 2.28. The molecule has 6 heteroatoms. The molecule has 0 unspecified atom stereocenters. The van der Waals surface area contributed by atoms with Crippen LogP contribution in [-0.2, 0) is 16.1 Å². The highest BCUT2D eigenvalue weighted by Gasteiger charge is 2.33. The first-order valence-corrected chi connectivity index (χ1v) is 8.99. The summed E-state index contributed by atoms with van der Waals surface area (Å²) in [4.78, 5) is 42.0. The van der Waals surface area contributed by atoms with Gasteiger partial charge in [-0.3, -0.25) is 14.6 Å². The number of hydrogen-bond acceptors (Lipinski definition) is 6. The number of fused-ring (bicyclic) bond motifs is 2. The molecule has 1 aliphatic carbocycles. The quantitative estimate of drug-likeness (QED) is 0.632. The van der Waals surface area contributed by atoms with E-state index in [9.17, 15) is 14.4 Å². The Balaban J connectivity index is 1.61. The van der Waals surface area contributed by atoms with E-state index in [-0.39, 0.29) is 40.5 Å². The Morgan fingerprint density at radius 2 is 1.76 bits per heavy atom. The zero-order chi connectivity index (χ0) is 20.5. The minimum absolute atomic E-state index is 0.0161. The summed E-state index contributed by atoms with van der Waals surface area (Å²) < 4.78 is 10.5. The number of aromatic nitrogens is 1. The summed E-state index contributed by atoms with van der Waals surface area (Å²) in [6.45, 7) is 1.31. The van der Waals surface area contributed by atoms with E-state index in [1.807, 2.05) is 30.3 Å². The first-order valence-electron chi connectivity index (χ1n) is 8.99. The summed E-state index contributed by atoms with van der Waals surface area (Å²) in [5.74, 6) is -1.30. The van der Waals surface area contributed by atoms with E-state index in [2.05, 4.69) is 4.98 Å². The highest BCUT2D eigenvalue weighted by atomic mass is 16.5. The number of esters is 1. The van der Waals surface area contributed by atoms with Crippen molar-refractivity contribution in [3.63, 3.8) is 0 Å². The van der Waals surface area contributed by atoms with Gasteiger partial charge in [0.15, 0.2) is 11.5 Å². The first kappa shape index (κ1) is 18.6. The summed E-state index contributed by atoms with van der Waals surface area (Å²) in [5, 5.41) is 1.93. The average Bonchev–Trinajstić information content (AvgIpc) is 2.75. The van der Waals surface area contributed by atoms with Crippen LogP contribution in [0.5, 0.6) is 0 Å². The molecule has 0 N–H and O–H groups in total. The molecule has 144 valence electrons. The molecule has 3 aromatic rings. The maximum Gasteiger partial charge on any atom is 0.338 e. The van der Waals surface area contributed by atoms with E-state index in [0.29, 0.717) is 5.56 Å². The van der Waals surface area contributed by atoms with Gasteiger partial charge in [-0.1, -0.05) is 30.3 Å². The first-order chi connectivity index (χ1) is 14.0. The summed E-state index contributed by atoms with van der Waals surface area (Å²) in [6, 6.07) is 14.4. The third-order valence-corrected chi connectivity index (χ3v) is 4.92. The number of Topliss-reactive ketones (excluding diaryl/α,β-unsaturated/α-hetero) is 2. The van der Waals surface area contributed by atoms with Crippen LogP contribution in [0.15, 0.2) is 66.1 Å². The van der Waals surface area contributed by atoms with Crippen molar-refractivity contribution >= 4 is 28.3 Å². The molecule has 0 spiro atoms. The molecule has 0 radical (unpaired) electrons. The number of methoxy groups -OCH3 is 1. The second-order valence-corrected chi connectivity index (χ2v) is 6.63. The van der Waals surface area contributed by atoms with Crippen LogP contribution in [-0.4, -0.2) is 29.6 Å². The number of carbonyl (C=O) groups is 3. The lowest BCUT2D eigenvalue weighted by atomic mass is 9.88. The molecule has 6 nitrogen and oxygen atoms in total. The number of hydrogen-bond donors (Lipinski definition) is 0. The molecule has 2 aromatic carbocycles. The fourth-order valence-corrected chi connectivity index (χ4v) is 3.43. The molecule has 29 heavy (non-hydrogen) atoms. The normalized spacial score (nSPS) is 13.4. The third-order valence-electron chi connectivity index (χ3n) is 4.92. The van der Waals surface area contributed by atoms with Crippen molar-refractivity contribution in [2.45, 2.75) is 13.5 Å². The van der Waals surface area contributed by atoms with Gasteiger partial charge in [-0.15, -0.1) is 0 Å². The van der Waals surface area contributed by atoms with Crippen LogP contribution in [0, 0.1) is 0 Å². The number of ketones is 2. The summed E-state index contributed by atoms with van der Waals surface area (Å²) in [7, 11) is 1.34. The van der Waals surface area contributed by atoms with Crippen molar-refractivity contribution in [3.05, 3.63) is 88.4 Å². The van der Waals surface area contributed by atoms with Gasteiger partial charge in [-0.2, -0.15) is 0 Å². The van der Waals surface area contributed by atoms with Crippen LogP contribution in [0.25, 0.3) is 10.8 Å². The van der Waals surface area contributed by atoms with E-state index in [0.717, 1.165) is 10.8 Å². The van der Waals surface area contributed by atoms with E-state index in [1.54, 1.807) is 19.1 Å². The predicted octanol–water partition coefficient (Wildman–Crippen LogP) is 3.89. The van der Waals surface area contributed by atoms with Crippen LogP contribution in [0.4, 0.5) is 0 Å². The Kier molecular flexibility index (Phi) is 4.68. The Labute approximate surface area is 166 Å². The Bertz CT molecular complexity index is 1210. The van der Waals surface area contributed by atoms with E-state index >= 15 is 0 Å². The van der Waals surface area contributed by atoms with E-state index in [1.165, 1.54) is 19.4 Å². The Morgan fingerprint density at radius 1 is 1.00 bits per heavy atom. The van der Waals surface area contributed by atoms with Crippen LogP contribution >= 0.6 is 0 Å². The minimum Gasteiger partial charge on any atom is -0.492 e. The number of nitrogens with zero attached hydrogens (tertiary/aromatic N) is 1. The molecule has 0 bridgehead atoms. The van der Waals surface area contributed by atoms with Crippen molar-refractivity contribution in [1.82, 2.24) is 4.98 Å². The topological polar surface area (TPSA) is 82.6 Å². The molecule has 0 fully saturated rings. The van der Waals surface area contributed by atoms with Gasteiger partial charge in [-0.05, 0) is 35.9 Å². The smallest absolute Gasteiger partial charge is 0.338 e. The molecular formula is C23H17NO5. The van der Waals surface area contributed by atoms with Crippen molar-refractivity contribution in [2.24, 2.45) is 0 Å². The van der Waals surface area contributed by atoms with Crippen molar-refractivity contribution in [2.75, 3.05) is 7.11 Å². The lowest BCUT2D eigenvalue weighted by molar-refractivity contribution is 0.0465. The van der Waals surface area contributed by atoms with Crippen molar-refractivity contribution in [3.8, 4) is 0 Å². The van der Waals surface area contributed by atoms with Gasteiger partial charge in [0.25, 0.3) is 0 Å². The number of ether oxygens (including phenoxy) is 2. The number of allylic oxidation sites excluding steroid dienone is 2. The SMILES string of the molecule is COC1=C(C)C(=O)c2ccnc(COC(=O)c3ccc4ccccc4c3)c2C1=O. The molecule has 0 saturated carbocycles. The fraction of sp³-hybridized carbons (Fsp3) is 0.130. The fourth-order valence-electron chi connectivity index (χ4n) is 3.43. The lowest BCUT2D eigenvalue weighted by Crippen LogP contribution is -2.24. The summed E-state index contributed by atoms with van der Waals surface area (Å²) in [5.41, 5.74) is 1.21. The molecule has 1 aliphatic rings. The van der Waals surface area contributed by atoms with Gasteiger partial charge in [0.2, 0.25) is 5.78 Å². The van der Waals surface area contributed by atoms with Gasteiger partial charge in [0.1, 0.15) is 6.61 Å². The largest absolute Gasteiger partial charge is 0.492 e. The number of rotatable bonds is 4. The zero-order valence-electron chi connectivity index (χ0n) is 15.9. The summed E-state index contributed by atoms with van der Waals surface area (Å²) in [6.07, 6.45) is 1.42. The maximum absolute atomic E-state index is 12.8. The monoisotopic (exact) mass is 387 g/mol. The van der Waals surface area contributed by atoms with Gasteiger partial charge < -0.3 is 9.47 Å². The number of benzene rings is 2. The van der Waals surface area contributed by atoms with Crippen molar-refractivity contribution in [1.29, 1.82) is 0 Å². The van der Waals surface area contributed by atoms with Gasteiger partial charge >= 0.3 is 5.97 Å². The van der Waals surface area contributed by atoms with Crippen LogP contribution in [0.2, 0.25) is 0 Å². The molecule has 1 aromatic heterocycles. The molecule has 0 aliphatic heterocycles. The minimum atomic E-state index is -0.538. The second kappa shape index (κ2) is 7.31. The van der Waals surface area contributed by atoms with Gasteiger partial charge in [-0.25, -0.2) is 4.79 Å². The highest BCUT2D eigenvalue weighted by molar-refractivity contribution is 6.26. The molecular weight excluding hydrogens is 370 g/mol. The zero-order valence-corrected chi connectivity index (χ0v) is 15.9. The number of pyridine rings is 1. The third kappa shape index (κ3) is 3.18. The van der Waals surface area contributed by atoms with Crippen LogP contribution in [0.3, 0.4) is 0 Å². The van der Waals surface area contributed by atoms with E-state index in [4.69, 9.17) is 9.47 Å². The number of carbonyl (C=O) groups excluding carboxylic acids is 3. The maximum atomic E-state index is 12.8. The predicted molar refractivity (Wildman–Crippen MR) is 106 cm³/mol. The standard InChI is InChI=1S/C23H17NO5/c1-13-20(25)17-9-10-24-18(19(17)21(26)22(13)28-2)12-29-23(27)16-8-7-14-5-3-4-6-15(14)11-16/h3-11H,12H2,1-2H3. The molecule has 4 rings (SSSR count). The molecule has 1 heterocycles. The average molecular weight is 387 g/mol. The van der Waals surface area contributed by atoms with Crippen LogP contribution in [0.1, 0.15) is 43.7 Å². The molecule has 0 saturated heterocycles. The van der Waals surface area contributed by atoms with Gasteiger partial charge in [0.05, 0.1) is 23.9 Å².